The van der Waals surface area contributed by atoms with E-state index in [0.717, 1.165) is 67.6 Å². The summed E-state index contributed by atoms with van der Waals surface area (Å²) < 4.78 is 6.12. The number of fused-ring (bicyclic) bond motifs is 5. The van der Waals surface area contributed by atoms with Gasteiger partial charge < -0.3 is 4.74 Å². The van der Waals surface area contributed by atoms with Crippen LogP contribution < -0.4 is 0 Å². The average Bonchev–Trinajstić information content (AvgIpc) is 3.40. The van der Waals surface area contributed by atoms with Crippen LogP contribution in [0.5, 0.6) is 0 Å². The van der Waals surface area contributed by atoms with Gasteiger partial charge in [-0.15, -0.1) is 0 Å². The van der Waals surface area contributed by atoms with Crippen LogP contribution in [0, 0.1) is 46.3 Å². The third-order valence-electron chi connectivity index (χ3n) is 13.9. The topological polar surface area (TPSA) is 26.3 Å². The van der Waals surface area contributed by atoms with Crippen LogP contribution in [0.3, 0.4) is 0 Å². The lowest BCUT2D eigenvalue weighted by Gasteiger charge is -2.58. The highest BCUT2D eigenvalue weighted by Crippen LogP contribution is 2.67. The van der Waals surface area contributed by atoms with Crippen LogP contribution in [-0.4, -0.2) is 12.1 Å². The second-order valence-corrected chi connectivity index (χ2v) is 17.6. The molecule has 0 N–H and O–H groups in total. The summed E-state index contributed by atoms with van der Waals surface area (Å²) in [6.07, 6.45) is 40.5. The Kier molecular flexibility index (Phi) is 15.7. The fourth-order valence-electron chi connectivity index (χ4n) is 11.1. The van der Waals surface area contributed by atoms with E-state index in [4.69, 9.17) is 4.74 Å². The molecule has 4 aliphatic rings. The van der Waals surface area contributed by atoms with Crippen molar-refractivity contribution in [2.24, 2.45) is 46.3 Å². The van der Waals surface area contributed by atoms with Crippen molar-refractivity contribution in [2.45, 2.75) is 195 Å². The molecule has 0 spiro atoms. The molecule has 3 saturated carbocycles. The molecule has 268 valence electrons. The summed E-state index contributed by atoms with van der Waals surface area (Å²) >= 11 is 0. The van der Waals surface area contributed by atoms with Gasteiger partial charge in [0.2, 0.25) is 0 Å². The van der Waals surface area contributed by atoms with Gasteiger partial charge in [-0.25, -0.2) is 0 Å². The van der Waals surface area contributed by atoms with Gasteiger partial charge in [0.1, 0.15) is 6.10 Å². The highest BCUT2D eigenvalue weighted by atomic mass is 16.5. The van der Waals surface area contributed by atoms with Gasteiger partial charge in [0.15, 0.2) is 0 Å². The van der Waals surface area contributed by atoms with Crippen molar-refractivity contribution in [3.8, 4) is 0 Å². The zero-order chi connectivity index (χ0) is 33.7. The maximum Gasteiger partial charge on any atom is 0.306 e. The van der Waals surface area contributed by atoms with Crippen molar-refractivity contribution >= 4 is 5.97 Å². The van der Waals surface area contributed by atoms with Crippen molar-refractivity contribution in [3.05, 3.63) is 36.0 Å². The molecule has 0 aromatic carbocycles. The minimum atomic E-state index is 0.0477. The first-order valence-corrected chi connectivity index (χ1v) is 20.9. The molecule has 0 bridgehead atoms. The Labute approximate surface area is 292 Å². The highest BCUT2D eigenvalue weighted by molar-refractivity contribution is 5.69. The van der Waals surface area contributed by atoms with Gasteiger partial charge in [0.25, 0.3) is 0 Å². The van der Waals surface area contributed by atoms with Crippen molar-refractivity contribution < 1.29 is 9.53 Å². The number of hydrogen-bond donors (Lipinski definition) is 0. The fourth-order valence-corrected chi connectivity index (χ4v) is 11.1. The number of carbonyl (C=O) groups is 1. The molecule has 4 aliphatic carbocycles. The lowest BCUT2D eigenvalue weighted by molar-refractivity contribution is -0.151. The zero-order valence-electron chi connectivity index (χ0n) is 32.0. The number of ether oxygens (including phenoxy) is 1. The molecular formula is C45H76O2. The zero-order valence-corrected chi connectivity index (χ0v) is 32.0. The number of hydrogen-bond acceptors (Lipinski definition) is 2. The van der Waals surface area contributed by atoms with Gasteiger partial charge in [0, 0.05) is 12.8 Å². The quantitative estimate of drug-likeness (QED) is 0.0746. The largest absolute Gasteiger partial charge is 0.462 e. The van der Waals surface area contributed by atoms with Gasteiger partial charge in [-0.3, -0.25) is 4.79 Å². The maximum atomic E-state index is 12.8. The molecule has 0 heterocycles. The minimum absolute atomic E-state index is 0.0477. The summed E-state index contributed by atoms with van der Waals surface area (Å²) in [5.41, 5.74) is 2.52. The molecule has 0 aliphatic heterocycles. The molecule has 47 heavy (non-hydrogen) atoms. The fraction of sp³-hybridized carbons (Fsp3) is 0.844. The Morgan fingerprint density at radius 1 is 0.830 bits per heavy atom. The van der Waals surface area contributed by atoms with Crippen LogP contribution >= 0.6 is 0 Å². The molecular weight excluding hydrogens is 572 g/mol. The Hall–Kier alpha value is -1.31. The van der Waals surface area contributed by atoms with Crippen molar-refractivity contribution in [3.63, 3.8) is 0 Å². The second-order valence-electron chi connectivity index (χ2n) is 17.6. The molecule has 8 atom stereocenters. The Morgan fingerprint density at radius 2 is 1.55 bits per heavy atom. The summed E-state index contributed by atoms with van der Waals surface area (Å²) in [5, 5.41) is 0. The van der Waals surface area contributed by atoms with E-state index >= 15 is 0 Å². The van der Waals surface area contributed by atoms with Crippen molar-refractivity contribution in [1.82, 2.24) is 0 Å². The first kappa shape index (κ1) is 38.5. The molecule has 0 aromatic heterocycles. The van der Waals surface area contributed by atoms with Crippen LogP contribution in [0.2, 0.25) is 0 Å². The number of rotatable bonds is 20. The van der Waals surface area contributed by atoms with Crippen LogP contribution in [-0.2, 0) is 9.53 Å². The van der Waals surface area contributed by atoms with E-state index in [-0.39, 0.29) is 12.1 Å². The number of unbranched alkanes of at least 4 members (excludes halogenated alkanes) is 8. The Bertz CT molecular complexity index is 1020. The van der Waals surface area contributed by atoms with Crippen LogP contribution in [0.25, 0.3) is 0 Å². The van der Waals surface area contributed by atoms with Gasteiger partial charge in [-0.1, -0.05) is 129 Å². The number of carbonyl (C=O) groups excluding carboxylic acids is 1. The third kappa shape index (κ3) is 10.6. The van der Waals surface area contributed by atoms with E-state index in [2.05, 4.69) is 71.9 Å². The van der Waals surface area contributed by atoms with Crippen molar-refractivity contribution in [1.29, 1.82) is 0 Å². The first-order chi connectivity index (χ1) is 22.7. The van der Waals surface area contributed by atoms with Crippen molar-refractivity contribution in [2.75, 3.05) is 0 Å². The molecule has 0 aromatic rings. The maximum absolute atomic E-state index is 12.8. The lowest BCUT2D eigenvalue weighted by atomic mass is 9.47. The average molecular weight is 649 g/mol. The first-order valence-electron chi connectivity index (χ1n) is 20.9. The molecule has 4 unspecified atom stereocenters. The van der Waals surface area contributed by atoms with Crippen LogP contribution in [0.15, 0.2) is 36.0 Å². The lowest BCUT2D eigenvalue weighted by Crippen LogP contribution is -2.51. The molecule has 2 nitrogen and oxygen atoms in total. The predicted octanol–water partition coefficient (Wildman–Crippen LogP) is 13.8. The summed E-state index contributed by atoms with van der Waals surface area (Å²) in [4.78, 5) is 12.8. The van der Waals surface area contributed by atoms with Gasteiger partial charge in [-0.05, 0) is 130 Å². The second kappa shape index (κ2) is 19.2. The molecule has 3 fully saturated rings. The molecule has 0 radical (unpaired) electrons. The van der Waals surface area contributed by atoms with Gasteiger partial charge in [0.05, 0.1) is 0 Å². The summed E-state index contributed by atoms with van der Waals surface area (Å²) in [6.45, 7) is 14.9. The van der Waals surface area contributed by atoms with Crippen LogP contribution in [0.4, 0.5) is 0 Å². The number of allylic oxidation sites excluding steroid dienone is 5. The van der Waals surface area contributed by atoms with E-state index in [9.17, 15) is 4.79 Å². The Morgan fingerprint density at radius 3 is 2.30 bits per heavy atom. The molecule has 2 heteroatoms. The van der Waals surface area contributed by atoms with E-state index in [1.807, 2.05) is 0 Å². The number of esters is 1. The third-order valence-corrected chi connectivity index (χ3v) is 13.9. The van der Waals surface area contributed by atoms with Gasteiger partial charge >= 0.3 is 5.97 Å². The van der Waals surface area contributed by atoms with Gasteiger partial charge in [-0.2, -0.15) is 0 Å². The minimum Gasteiger partial charge on any atom is -0.462 e. The normalized spacial score (nSPS) is 32.7. The standard InChI is InChI=1S/C45H76O2/c1-7-8-9-10-11-12-13-14-15-16-17-18-19-20-21-25-43(46)47-38-30-32-44(5)37(34-38)26-27-39-41-29-28-40(36(4)24-22-23-35(2)3)45(41,6)33-31-42(39)44/h11-12,14-15,26,35-36,38-42H,7-10,13,16-25,27-34H2,1-6H3/b12-11+,15-14+/t36?,38-,39?,40+,41?,42?,44-,45+/m0/s1. The molecule has 4 rings (SSSR count). The SMILES string of the molecule is CCCCC/C=C/C/C=C/CCCCCCCC(=O)O[C@H]1CC[C@@]2(C)C(=CCC3C2CC[C@@]2(C)C3CC[C@@H]2C(C)CCCC(C)C)C1. The smallest absolute Gasteiger partial charge is 0.306 e. The molecule has 0 amide bonds. The van der Waals surface area contributed by atoms with E-state index in [1.54, 1.807) is 5.57 Å². The summed E-state index contributed by atoms with van der Waals surface area (Å²) in [5.74, 6) is 5.30. The highest BCUT2D eigenvalue weighted by Gasteiger charge is 2.59. The predicted molar refractivity (Wildman–Crippen MR) is 202 cm³/mol. The summed E-state index contributed by atoms with van der Waals surface area (Å²) in [6, 6.07) is 0. The molecule has 0 saturated heterocycles. The summed E-state index contributed by atoms with van der Waals surface area (Å²) in [7, 11) is 0. The van der Waals surface area contributed by atoms with E-state index in [1.165, 1.54) is 109 Å². The van der Waals surface area contributed by atoms with E-state index in [0.29, 0.717) is 17.3 Å². The Balaban J connectivity index is 1.13. The van der Waals surface area contributed by atoms with Crippen LogP contribution in [0.1, 0.15) is 189 Å². The monoisotopic (exact) mass is 649 g/mol. The van der Waals surface area contributed by atoms with E-state index < -0.39 is 0 Å².